The molecule has 134 valence electrons. The third kappa shape index (κ3) is 3.69. The largest absolute Gasteiger partial charge is 0.478 e. The minimum absolute atomic E-state index is 0. The lowest BCUT2D eigenvalue weighted by molar-refractivity contribution is -0.138. The number of carboxylic acids is 1. The smallest absolute Gasteiger partial charge is 0.337 e. The summed E-state index contributed by atoms with van der Waals surface area (Å²) in [4.78, 5) is 24.3. The van der Waals surface area contributed by atoms with Crippen LogP contribution in [0.5, 0.6) is 0 Å². The molecule has 0 bridgehead atoms. The van der Waals surface area contributed by atoms with Crippen molar-refractivity contribution in [3.8, 4) is 12.1 Å². The minimum atomic E-state index is -1.25. The molecule has 0 spiro atoms. The summed E-state index contributed by atoms with van der Waals surface area (Å²) in [5, 5.41) is 31.1. The first-order valence-corrected chi connectivity index (χ1v) is 7.47. The topological polar surface area (TPSA) is 123 Å². The molecule has 1 unspecified atom stereocenters. The highest BCUT2D eigenvalue weighted by Gasteiger charge is 2.39. The molecule has 2 rings (SSSR count). The first-order valence-electron chi connectivity index (χ1n) is 7.47. The van der Waals surface area contributed by atoms with Crippen LogP contribution in [-0.2, 0) is 14.3 Å². The van der Waals surface area contributed by atoms with Gasteiger partial charge in [-0.25, -0.2) is 9.59 Å². The number of allylic oxidation sites excluding steroid dienone is 2. The van der Waals surface area contributed by atoms with Crippen LogP contribution in [0.15, 0.2) is 46.8 Å². The van der Waals surface area contributed by atoms with E-state index < -0.39 is 17.9 Å². The summed E-state index contributed by atoms with van der Waals surface area (Å²) >= 11 is 0. The Bertz CT molecular complexity index is 890. The van der Waals surface area contributed by atoms with Crippen LogP contribution in [0, 0.1) is 22.7 Å². The number of benzene rings is 1. The molecule has 1 heterocycles. The van der Waals surface area contributed by atoms with Crippen LogP contribution in [0.2, 0.25) is 0 Å². The summed E-state index contributed by atoms with van der Waals surface area (Å²) < 4.78 is 5.02. The molecule has 0 saturated heterocycles. The fourth-order valence-corrected chi connectivity index (χ4v) is 2.79. The maximum absolute atomic E-state index is 12.5. The number of nitriles is 2. The molecule has 0 saturated carbocycles. The van der Waals surface area contributed by atoms with Crippen LogP contribution in [0.25, 0.3) is 0 Å². The van der Waals surface area contributed by atoms with Crippen molar-refractivity contribution in [2.45, 2.75) is 19.8 Å². The first-order chi connectivity index (χ1) is 12.0. The molecule has 0 amide bonds. The van der Waals surface area contributed by atoms with E-state index in [2.05, 4.69) is 5.32 Å². The highest BCUT2D eigenvalue weighted by atomic mass is 35.5. The summed E-state index contributed by atoms with van der Waals surface area (Å²) in [5.74, 6) is -3.12. The Hall–Kier alpha value is -3.29. The summed E-state index contributed by atoms with van der Waals surface area (Å²) in [6.45, 7) is 3.18. The SMILES string of the molecule is CCOC(=O)C1=C(C#N)NC(C)=C(C(=O)O)C1c1ccccc1C#N.Cl. The van der Waals surface area contributed by atoms with Crippen molar-refractivity contribution in [2.75, 3.05) is 6.61 Å². The maximum Gasteiger partial charge on any atom is 0.337 e. The fourth-order valence-electron chi connectivity index (χ4n) is 2.79. The number of carboxylic acid groups (broad SMARTS) is 1. The van der Waals surface area contributed by atoms with Crippen LogP contribution < -0.4 is 5.32 Å². The number of carbonyl (C=O) groups is 2. The van der Waals surface area contributed by atoms with Gasteiger partial charge in [-0.1, -0.05) is 18.2 Å². The lowest BCUT2D eigenvalue weighted by atomic mass is 9.79. The number of carbonyl (C=O) groups excluding carboxylic acids is 1. The zero-order valence-corrected chi connectivity index (χ0v) is 14.9. The quantitative estimate of drug-likeness (QED) is 0.776. The molecule has 8 heteroatoms. The van der Waals surface area contributed by atoms with Gasteiger partial charge in [-0.2, -0.15) is 10.5 Å². The second kappa shape index (κ2) is 8.70. The number of rotatable bonds is 4. The normalized spacial score (nSPS) is 15.9. The van der Waals surface area contributed by atoms with E-state index in [4.69, 9.17) is 4.74 Å². The zero-order chi connectivity index (χ0) is 18.6. The number of nitrogens with one attached hydrogen (secondary N) is 1. The van der Waals surface area contributed by atoms with E-state index in [0.717, 1.165) is 0 Å². The molecule has 7 nitrogen and oxygen atoms in total. The third-order valence-electron chi connectivity index (χ3n) is 3.79. The number of aliphatic carboxylic acids is 1. The van der Waals surface area contributed by atoms with E-state index in [-0.39, 0.29) is 47.1 Å². The number of halogens is 1. The Morgan fingerprint density at radius 1 is 1.23 bits per heavy atom. The molecule has 0 aromatic heterocycles. The van der Waals surface area contributed by atoms with Gasteiger partial charge in [0.2, 0.25) is 0 Å². The Kier molecular flexibility index (Phi) is 6.95. The van der Waals surface area contributed by atoms with Crippen molar-refractivity contribution in [1.82, 2.24) is 5.32 Å². The molecule has 1 aromatic rings. The Morgan fingerprint density at radius 3 is 2.42 bits per heavy atom. The van der Waals surface area contributed by atoms with Gasteiger partial charge in [0.1, 0.15) is 11.8 Å². The van der Waals surface area contributed by atoms with Crippen molar-refractivity contribution in [3.63, 3.8) is 0 Å². The highest BCUT2D eigenvalue weighted by Crippen LogP contribution is 2.39. The molecular formula is C18H16ClN3O4. The number of nitrogens with zero attached hydrogens (tertiary/aromatic N) is 2. The second-order valence-corrected chi connectivity index (χ2v) is 5.22. The van der Waals surface area contributed by atoms with Crippen molar-refractivity contribution in [2.24, 2.45) is 0 Å². The maximum atomic E-state index is 12.5. The molecule has 2 N–H and O–H groups in total. The number of hydrogen-bond acceptors (Lipinski definition) is 6. The number of hydrogen-bond donors (Lipinski definition) is 2. The standard InChI is InChI=1S/C18H15N3O4.ClH/c1-3-25-18(24)16-13(9-20)21-10(2)14(17(22)23)15(16)12-7-5-4-6-11(12)8-19;/h4-7,15,21H,3H2,1-2H3,(H,22,23);1H. The van der Waals surface area contributed by atoms with Gasteiger partial charge in [-0.15, -0.1) is 12.4 Å². The molecule has 0 fully saturated rings. The zero-order valence-electron chi connectivity index (χ0n) is 14.1. The van der Waals surface area contributed by atoms with Gasteiger partial charge in [0.05, 0.1) is 35.3 Å². The first kappa shape index (κ1) is 20.8. The van der Waals surface area contributed by atoms with E-state index in [1.54, 1.807) is 25.1 Å². The van der Waals surface area contributed by atoms with E-state index in [0.29, 0.717) is 5.56 Å². The predicted molar refractivity (Wildman–Crippen MR) is 93.9 cm³/mol. The van der Waals surface area contributed by atoms with Crippen LogP contribution in [-0.4, -0.2) is 23.7 Å². The summed E-state index contributed by atoms with van der Waals surface area (Å²) in [7, 11) is 0. The Labute approximate surface area is 156 Å². The highest BCUT2D eigenvalue weighted by molar-refractivity contribution is 6.00. The average Bonchev–Trinajstić information content (AvgIpc) is 2.60. The van der Waals surface area contributed by atoms with E-state index in [1.807, 2.05) is 12.1 Å². The average molecular weight is 374 g/mol. The summed E-state index contributed by atoms with van der Waals surface area (Å²) in [6.07, 6.45) is 0. The fraction of sp³-hybridized carbons (Fsp3) is 0.222. The summed E-state index contributed by atoms with van der Waals surface area (Å²) in [6, 6.07) is 10.3. The van der Waals surface area contributed by atoms with Gasteiger partial charge in [0, 0.05) is 5.70 Å². The lowest BCUT2D eigenvalue weighted by Crippen LogP contribution is -2.32. The van der Waals surface area contributed by atoms with Gasteiger partial charge in [-0.3, -0.25) is 0 Å². The van der Waals surface area contributed by atoms with E-state index in [9.17, 15) is 25.2 Å². The third-order valence-corrected chi connectivity index (χ3v) is 3.79. The molecule has 0 aliphatic carbocycles. The monoisotopic (exact) mass is 373 g/mol. The van der Waals surface area contributed by atoms with Crippen LogP contribution >= 0.6 is 12.4 Å². The molecule has 1 aromatic carbocycles. The Balaban J connectivity index is 0.00000338. The molecule has 26 heavy (non-hydrogen) atoms. The molecule has 1 aliphatic heterocycles. The number of ether oxygens (including phenoxy) is 1. The van der Waals surface area contributed by atoms with E-state index in [1.165, 1.54) is 13.0 Å². The van der Waals surface area contributed by atoms with Crippen LogP contribution in [0.1, 0.15) is 30.9 Å². The number of esters is 1. The van der Waals surface area contributed by atoms with Crippen molar-refractivity contribution in [1.29, 1.82) is 10.5 Å². The van der Waals surface area contributed by atoms with Gasteiger partial charge in [0.25, 0.3) is 0 Å². The Morgan fingerprint density at radius 2 is 1.88 bits per heavy atom. The molecule has 1 aliphatic rings. The summed E-state index contributed by atoms with van der Waals surface area (Å²) in [5.41, 5.74) is 0.479. The van der Waals surface area contributed by atoms with Crippen molar-refractivity contribution < 1.29 is 19.4 Å². The van der Waals surface area contributed by atoms with Gasteiger partial charge >= 0.3 is 11.9 Å². The minimum Gasteiger partial charge on any atom is -0.478 e. The van der Waals surface area contributed by atoms with Gasteiger partial charge < -0.3 is 15.2 Å². The van der Waals surface area contributed by atoms with Gasteiger partial charge in [-0.05, 0) is 25.5 Å². The van der Waals surface area contributed by atoms with Gasteiger partial charge in [0.15, 0.2) is 0 Å². The van der Waals surface area contributed by atoms with Crippen molar-refractivity contribution in [3.05, 3.63) is 57.9 Å². The number of dihydropyridines is 1. The lowest BCUT2D eigenvalue weighted by Gasteiger charge is -2.28. The van der Waals surface area contributed by atoms with E-state index >= 15 is 0 Å². The van der Waals surface area contributed by atoms with Crippen LogP contribution in [0.4, 0.5) is 0 Å². The van der Waals surface area contributed by atoms with Crippen LogP contribution in [0.3, 0.4) is 0 Å². The second-order valence-electron chi connectivity index (χ2n) is 5.22. The molecule has 1 atom stereocenters. The molecular weight excluding hydrogens is 358 g/mol. The van der Waals surface area contributed by atoms with Crippen molar-refractivity contribution >= 4 is 24.3 Å². The predicted octanol–water partition coefficient (Wildman–Crippen LogP) is 2.37. The molecule has 0 radical (unpaired) electrons.